The van der Waals surface area contributed by atoms with Crippen molar-refractivity contribution < 1.29 is 43.1 Å². The average Bonchev–Trinajstić information content (AvgIpc) is 3.43. The molecule has 1 saturated heterocycles. The Bertz CT molecular complexity index is 1550. The monoisotopic (exact) mass is 745 g/mol. The third-order valence-corrected chi connectivity index (χ3v) is 14.7. The van der Waals surface area contributed by atoms with Gasteiger partial charge < -0.3 is 35.6 Å². The van der Waals surface area contributed by atoms with Gasteiger partial charge in [0.25, 0.3) is 0 Å². The van der Waals surface area contributed by atoms with Gasteiger partial charge in [-0.05, 0) is 167 Å². The minimum absolute atomic E-state index is 0.0289. The number of nitrogen functional groups attached to an aromatic ring is 1. The summed E-state index contributed by atoms with van der Waals surface area (Å²) < 4.78 is 47.3. The maximum atomic E-state index is 12.5. The van der Waals surface area contributed by atoms with Crippen LogP contribution in [0.1, 0.15) is 120 Å². The second-order valence-electron chi connectivity index (χ2n) is 17.3. The minimum atomic E-state index is -4.45. The number of phenols is 1. The molecular weight excluding hydrogens is 687 g/mol. The maximum absolute atomic E-state index is 12.5. The smallest absolute Gasteiger partial charge is 0.433 e. The number of aliphatic hydroxyl groups is 3. The molecule has 0 bridgehead atoms. The van der Waals surface area contributed by atoms with Crippen molar-refractivity contribution in [3.63, 3.8) is 0 Å². The van der Waals surface area contributed by atoms with E-state index in [0.717, 1.165) is 56.2 Å². The van der Waals surface area contributed by atoms with E-state index in [9.17, 15) is 33.6 Å². The number of hydrogen-bond acceptors (Lipinski definition) is 9. The number of halogens is 3. The number of fused-ring (bicyclic) bond motifs is 5. The van der Waals surface area contributed by atoms with Gasteiger partial charge >= 0.3 is 6.18 Å². The van der Waals surface area contributed by atoms with Gasteiger partial charge in [0.15, 0.2) is 0 Å². The molecule has 0 amide bonds. The van der Waals surface area contributed by atoms with E-state index in [1.54, 1.807) is 0 Å². The molecule has 2 aromatic rings. The molecule has 12 heteroatoms. The second-order valence-corrected chi connectivity index (χ2v) is 17.3. The van der Waals surface area contributed by atoms with Crippen molar-refractivity contribution in [3.05, 3.63) is 47.3 Å². The molecule has 8 atom stereocenters. The van der Waals surface area contributed by atoms with Crippen LogP contribution in [0.5, 0.6) is 5.75 Å². The normalized spacial score (nSPS) is 39.9. The van der Waals surface area contributed by atoms with E-state index in [4.69, 9.17) is 15.2 Å². The van der Waals surface area contributed by atoms with E-state index in [2.05, 4.69) is 23.0 Å². The largest absolute Gasteiger partial charge is 0.508 e. The number of alkyl halides is 3. The molecule has 2 heterocycles. The Balaban J connectivity index is 0.000000341. The van der Waals surface area contributed by atoms with Crippen molar-refractivity contribution in [3.8, 4) is 5.75 Å². The van der Waals surface area contributed by atoms with Crippen LogP contribution >= 0.6 is 0 Å². The highest BCUT2D eigenvalue weighted by Crippen LogP contribution is 2.67. The first kappa shape index (κ1) is 38.8. The number of rotatable bonds is 5. The molecule has 6 aliphatic rings. The summed E-state index contributed by atoms with van der Waals surface area (Å²) in [6.07, 6.45) is 11.4. The highest BCUT2D eigenvalue weighted by atomic mass is 19.4. The first-order valence-corrected chi connectivity index (χ1v) is 20.1. The number of aromatic nitrogens is 2. The zero-order valence-electron chi connectivity index (χ0n) is 30.9. The molecule has 9 nitrogen and oxygen atoms in total. The topological polar surface area (TPSA) is 151 Å². The highest BCUT2D eigenvalue weighted by Gasteiger charge is 2.63. The van der Waals surface area contributed by atoms with E-state index in [1.165, 1.54) is 68.9 Å². The molecule has 294 valence electrons. The van der Waals surface area contributed by atoms with Crippen molar-refractivity contribution >= 4 is 5.95 Å². The Morgan fingerprint density at radius 1 is 0.925 bits per heavy atom. The standard InChI is InChI=1S/C36H54O6.C5H4F3N3/c1-35-17-14-29-28-13-9-26(37)20-24(28)6-12-30(29)31(35)15-18-36(35,40)25-7-2-22(3-8-25)23-4-10-27(11-5-23)42-21-33-34(39)32(38)16-19-41-33;6-5(7,8)3-1-2-10-4(9)11-3/h9,13,20,22-23,25,27,29-34,37-40H,2-8,10-12,14-19,21H2,1H3;1-2H,(H2,9,10,11). The predicted molar refractivity (Wildman–Crippen MR) is 193 cm³/mol. The summed E-state index contributed by atoms with van der Waals surface area (Å²) in [6, 6.07) is 6.82. The second kappa shape index (κ2) is 15.6. The highest BCUT2D eigenvalue weighted by molar-refractivity contribution is 5.40. The summed E-state index contributed by atoms with van der Waals surface area (Å²) in [5.41, 5.74) is 6.24. The maximum Gasteiger partial charge on any atom is 0.433 e. The summed E-state index contributed by atoms with van der Waals surface area (Å²) in [7, 11) is 0. The van der Waals surface area contributed by atoms with Crippen LogP contribution in [-0.2, 0) is 22.1 Å². The van der Waals surface area contributed by atoms with Crippen LogP contribution in [0.2, 0.25) is 0 Å². The molecule has 1 aromatic carbocycles. The van der Waals surface area contributed by atoms with Gasteiger partial charge in [-0.2, -0.15) is 13.2 Å². The van der Waals surface area contributed by atoms with Crippen molar-refractivity contribution in [2.45, 2.75) is 145 Å². The Morgan fingerprint density at radius 3 is 2.32 bits per heavy atom. The zero-order chi connectivity index (χ0) is 37.5. The third-order valence-electron chi connectivity index (χ3n) is 14.7. The van der Waals surface area contributed by atoms with Gasteiger partial charge in [0.1, 0.15) is 23.7 Å². The van der Waals surface area contributed by atoms with Gasteiger partial charge in [-0.25, -0.2) is 9.97 Å². The lowest BCUT2D eigenvalue weighted by Crippen LogP contribution is -2.55. The number of aliphatic hydroxyl groups excluding tert-OH is 2. The number of ether oxygens (including phenoxy) is 2. The molecule has 53 heavy (non-hydrogen) atoms. The Kier molecular flexibility index (Phi) is 11.4. The van der Waals surface area contributed by atoms with Crippen molar-refractivity contribution in [2.75, 3.05) is 18.9 Å². The molecule has 5 fully saturated rings. The summed E-state index contributed by atoms with van der Waals surface area (Å²) in [6.45, 7) is 3.31. The fraction of sp³-hybridized carbons (Fsp3) is 0.756. The summed E-state index contributed by atoms with van der Waals surface area (Å²) in [5, 5.41) is 42.7. The Hall–Kier alpha value is -2.51. The van der Waals surface area contributed by atoms with E-state index < -0.39 is 35.8 Å². The number of nitrogens with two attached hydrogens (primary N) is 1. The van der Waals surface area contributed by atoms with Crippen molar-refractivity contribution in [1.82, 2.24) is 9.97 Å². The van der Waals surface area contributed by atoms with Gasteiger partial charge in [0, 0.05) is 12.8 Å². The van der Waals surface area contributed by atoms with Crippen molar-refractivity contribution in [1.29, 1.82) is 0 Å². The lowest BCUT2D eigenvalue weighted by molar-refractivity contribution is -0.164. The number of nitrogens with zero attached hydrogens (tertiary/aromatic N) is 2. The number of anilines is 1. The molecular formula is C41H58F3N3O6. The van der Waals surface area contributed by atoms with Gasteiger partial charge in [-0.15, -0.1) is 0 Å². The van der Waals surface area contributed by atoms with Crippen LogP contribution in [0.4, 0.5) is 19.1 Å². The van der Waals surface area contributed by atoms with Gasteiger partial charge in [-0.3, -0.25) is 0 Å². The Morgan fingerprint density at radius 2 is 1.64 bits per heavy atom. The molecule has 0 spiro atoms. The van der Waals surface area contributed by atoms with E-state index in [0.29, 0.717) is 49.1 Å². The molecule has 6 N–H and O–H groups in total. The van der Waals surface area contributed by atoms with Gasteiger partial charge in [0.2, 0.25) is 5.95 Å². The van der Waals surface area contributed by atoms with Crippen LogP contribution < -0.4 is 5.73 Å². The van der Waals surface area contributed by atoms with Crippen molar-refractivity contribution in [2.24, 2.45) is 35.0 Å². The van der Waals surface area contributed by atoms with Crippen LogP contribution in [0.15, 0.2) is 30.5 Å². The van der Waals surface area contributed by atoms with E-state index >= 15 is 0 Å². The molecule has 1 aliphatic heterocycles. The zero-order valence-corrected chi connectivity index (χ0v) is 30.9. The Labute approximate surface area is 310 Å². The molecule has 0 radical (unpaired) electrons. The fourth-order valence-electron chi connectivity index (χ4n) is 11.9. The van der Waals surface area contributed by atoms with E-state index in [-0.39, 0.29) is 17.5 Å². The van der Waals surface area contributed by atoms with Crippen LogP contribution in [0.25, 0.3) is 0 Å². The SMILES string of the molecule is CC12CCC3c4ccc(O)cc4CCC3C1CCC2(O)C1CCC(C2CCC(OCC3OCCC(O)C3O)CC2)CC1.Nc1nccc(C(F)(F)F)n1. The van der Waals surface area contributed by atoms with Crippen LogP contribution in [0, 0.1) is 35.0 Å². The quantitative estimate of drug-likeness (QED) is 0.219. The summed E-state index contributed by atoms with van der Waals surface area (Å²) >= 11 is 0. The number of benzene rings is 1. The number of aryl methyl sites for hydroxylation is 1. The predicted octanol–water partition coefficient (Wildman–Crippen LogP) is 6.95. The molecule has 8 unspecified atom stereocenters. The van der Waals surface area contributed by atoms with Gasteiger partial charge in [0.05, 0.1) is 24.4 Å². The lowest BCUT2D eigenvalue weighted by atomic mass is 9.51. The number of hydrogen-bond donors (Lipinski definition) is 5. The lowest BCUT2D eigenvalue weighted by Gasteiger charge is -2.56. The molecule has 5 aliphatic carbocycles. The molecule has 8 rings (SSSR count). The first-order valence-electron chi connectivity index (χ1n) is 20.1. The number of phenolic OH excluding ortho intramolecular Hbond substituents is 1. The molecule has 1 aromatic heterocycles. The van der Waals surface area contributed by atoms with Crippen LogP contribution in [0.3, 0.4) is 0 Å². The summed E-state index contributed by atoms with van der Waals surface area (Å²) in [5.74, 6) is 3.87. The fourth-order valence-corrected chi connectivity index (χ4v) is 11.9. The minimum Gasteiger partial charge on any atom is -0.508 e. The van der Waals surface area contributed by atoms with Crippen LogP contribution in [-0.4, -0.2) is 73.6 Å². The number of aromatic hydroxyl groups is 1. The molecule has 4 saturated carbocycles. The third kappa shape index (κ3) is 7.82. The first-order chi connectivity index (χ1) is 25.3. The summed E-state index contributed by atoms with van der Waals surface area (Å²) in [4.78, 5) is 6.31. The average molecular weight is 746 g/mol. The van der Waals surface area contributed by atoms with Gasteiger partial charge in [-0.1, -0.05) is 13.0 Å². The van der Waals surface area contributed by atoms with E-state index in [1.807, 2.05) is 12.1 Å².